The van der Waals surface area contributed by atoms with Crippen LogP contribution in [0.3, 0.4) is 0 Å². The van der Waals surface area contributed by atoms with E-state index in [1.165, 1.54) is 0 Å². The van der Waals surface area contributed by atoms with Crippen LogP contribution in [0, 0.1) is 10.1 Å². The molecule has 0 amide bonds. The molecule has 0 N–H and O–H groups in total. The Balaban J connectivity index is 0.000000771. The van der Waals surface area contributed by atoms with Crippen molar-refractivity contribution in [1.82, 2.24) is 4.40 Å². The minimum Gasteiger partial charge on any atom is -0.323 e. The first-order valence-corrected chi connectivity index (χ1v) is 6.12. The normalized spacial score (nSPS) is 10.9. The minimum absolute atomic E-state index is 0.228. The minimum atomic E-state index is -0.333. The van der Waals surface area contributed by atoms with Gasteiger partial charge in [-0.1, -0.05) is 26.8 Å². The van der Waals surface area contributed by atoms with Crippen molar-refractivity contribution in [2.75, 3.05) is 0 Å². The van der Waals surface area contributed by atoms with Crippen molar-refractivity contribution in [3.8, 4) is 0 Å². The Morgan fingerprint density at radius 1 is 1.39 bits per heavy atom. The quantitative estimate of drug-likeness (QED) is 0.607. The number of aromatic nitrogens is 1. The third kappa shape index (κ3) is 3.20. The molecule has 0 fully saturated rings. The zero-order valence-electron chi connectivity index (χ0n) is 11.0. The van der Waals surface area contributed by atoms with Crippen molar-refractivity contribution < 1.29 is 4.92 Å². The molecule has 0 atom stereocenters. The van der Waals surface area contributed by atoms with E-state index in [4.69, 9.17) is 0 Å². The van der Waals surface area contributed by atoms with Gasteiger partial charge in [-0.15, -0.1) is 0 Å². The number of nitro groups is 1. The molecule has 2 aromatic heterocycles. The maximum atomic E-state index is 10.7. The van der Waals surface area contributed by atoms with Crippen LogP contribution in [0.4, 0.5) is 0 Å². The van der Waals surface area contributed by atoms with Crippen LogP contribution >= 0.6 is 0 Å². The summed E-state index contributed by atoms with van der Waals surface area (Å²) < 4.78 is 1.94. The Hall–Kier alpha value is -2.10. The fourth-order valence-electron chi connectivity index (χ4n) is 1.61. The SMILES string of the molecule is CC.CC/C(=C\c1ccc2cccn2c1)[N+](=O)[O-]. The van der Waals surface area contributed by atoms with E-state index in [1.54, 1.807) is 13.0 Å². The van der Waals surface area contributed by atoms with Crippen molar-refractivity contribution in [1.29, 1.82) is 0 Å². The molecule has 0 saturated heterocycles. The summed E-state index contributed by atoms with van der Waals surface area (Å²) in [4.78, 5) is 10.3. The van der Waals surface area contributed by atoms with Gasteiger partial charge in [-0.25, -0.2) is 0 Å². The maximum absolute atomic E-state index is 10.7. The Bertz CT molecular complexity index is 556. The second-order valence-corrected chi connectivity index (χ2v) is 3.55. The highest BCUT2D eigenvalue weighted by atomic mass is 16.6. The number of nitrogens with zero attached hydrogens (tertiary/aromatic N) is 2. The van der Waals surface area contributed by atoms with Crippen molar-refractivity contribution in [2.24, 2.45) is 0 Å². The molecule has 0 radical (unpaired) electrons. The van der Waals surface area contributed by atoms with Gasteiger partial charge < -0.3 is 4.40 Å². The first-order valence-electron chi connectivity index (χ1n) is 6.12. The van der Waals surface area contributed by atoms with Gasteiger partial charge in [0.1, 0.15) is 0 Å². The summed E-state index contributed by atoms with van der Waals surface area (Å²) >= 11 is 0. The molecule has 2 aromatic rings. The Morgan fingerprint density at radius 3 is 2.72 bits per heavy atom. The Morgan fingerprint density at radius 2 is 2.11 bits per heavy atom. The van der Waals surface area contributed by atoms with Gasteiger partial charge in [0.2, 0.25) is 5.70 Å². The molecule has 18 heavy (non-hydrogen) atoms. The van der Waals surface area contributed by atoms with E-state index < -0.39 is 0 Å². The van der Waals surface area contributed by atoms with Crippen LogP contribution in [0.2, 0.25) is 0 Å². The third-order valence-corrected chi connectivity index (χ3v) is 2.48. The van der Waals surface area contributed by atoms with Gasteiger partial charge in [0.25, 0.3) is 0 Å². The smallest absolute Gasteiger partial charge is 0.246 e. The summed E-state index contributed by atoms with van der Waals surface area (Å²) in [5, 5.41) is 10.7. The summed E-state index contributed by atoms with van der Waals surface area (Å²) in [6.45, 7) is 5.78. The molecule has 0 saturated carbocycles. The highest BCUT2D eigenvalue weighted by Gasteiger charge is 2.06. The number of fused-ring (bicyclic) bond motifs is 1. The van der Waals surface area contributed by atoms with Crippen molar-refractivity contribution in [2.45, 2.75) is 27.2 Å². The Kier molecular flexibility index (Phi) is 5.11. The summed E-state index contributed by atoms with van der Waals surface area (Å²) in [7, 11) is 0. The average molecular weight is 246 g/mol. The predicted octanol–water partition coefficient (Wildman–Crippen LogP) is 3.99. The van der Waals surface area contributed by atoms with Crippen molar-refractivity contribution >= 4 is 11.6 Å². The molecular formula is C14H18N2O2. The van der Waals surface area contributed by atoms with Gasteiger partial charge in [0.15, 0.2) is 0 Å². The molecule has 0 aliphatic heterocycles. The Labute approximate surface area is 107 Å². The molecule has 0 aliphatic rings. The summed E-state index contributed by atoms with van der Waals surface area (Å²) in [6, 6.07) is 7.76. The summed E-state index contributed by atoms with van der Waals surface area (Å²) in [5.41, 5.74) is 2.15. The largest absolute Gasteiger partial charge is 0.323 e. The van der Waals surface area contributed by atoms with E-state index in [9.17, 15) is 10.1 Å². The monoisotopic (exact) mass is 246 g/mol. The lowest BCUT2D eigenvalue weighted by molar-refractivity contribution is -0.425. The molecular weight excluding hydrogens is 228 g/mol. The molecule has 4 nitrogen and oxygen atoms in total. The molecule has 2 heterocycles. The highest BCUT2D eigenvalue weighted by Crippen LogP contribution is 2.12. The standard InChI is InChI=1S/C12H12N2O2.C2H6/c1-2-11(14(15)16)8-10-5-6-12-4-3-7-13(12)9-10;1-2/h3-9H,2H2,1H3;1-2H3/b11-8+;. The lowest BCUT2D eigenvalue weighted by Gasteiger charge is -1.98. The van der Waals surface area contributed by atoms with Gasteiger partial charge in [0, 0.05) is 30.4 Å². The third-order valence-electron chi connectivity index (χ3n) is 2.48. The van der Waals surface area contributed by atoms with Crippen LogP contribution in [0.15, 0.2) is 42.4 Å². The predicted molar refractivity (Wildman–Crippen MR) is 74.0 cm³/mol. The van der Waals surface area contributed by atoms with Crippen LogP contribution in [0.5, 0.6) is 0 Å². The average Bonchev–Trinajstić information content (AvgIpc) is 2.85. The number of pyridine rings is 1. The van der Waals surface area contributed by atoms with Gasteiger partial charge in [0.05, 0.1) is 4.92 Å². The number of hydrogen-bond acceptors (Lipinski definition) is 2. The number of hydrogen-bond donors (Lipinski definition) is 0. The van der Waals surface area contributed by atoms with Crippen molar-refractivity contribution in [3.63, 3.8) is 0 Å². The van der Waals surface area contributed by atoms with E-state index in [0.29, 0.717) is 6.42 Å². The van der Waals surface area contributed by atoms with E-state index in [0.717, 1.165) is 11.1 Å². The van der Waals surface area contributed by atoms with E-state index in [2.05, 4.69) is 0 Å². The molecule has 0 aromatic carbocycles. The number of rotatable bonds is 3. The summed E-state index contributed by atoms with van der Waals surface area (Å²) in [5.74, 6) is 0. The first-order chi connectivity index (χ1) is 8.70. The second-order valence-electron chi connectivity index (χ2n) is 3.55. The highest BCUT2D eigenvalue weighted by molar-refractivity contribution is 5.56. The van der Waals surface area contributed by atoms with Crippen molar-refractivity contribution in [3.05, 3.63) is 58.0 Å². The van der Waals surface area contributed by atoms with Gasteiger partial charge in [-0.05, 0) is 23.8 Å². The van der Waals surface area contributed by atoms with Gasteiger partial charge in [-0.3, -0.25) is 10.1 Å². The molecule has 96 valence electrons. The molecule has 0 spiro atoms. The molecule has 0 unspecified atom stereocenters. The van der Waals surface area contributed by atoms with Crippen LogP contribution < -0.4 is 0 Å². The maximum Gasteiger partial charge on any atom is 0.246 e. The van der Waals surface area contributed by atoms with Crippen LogP contribution in [-0.4, -0.2) is 9.32 Å². The fraction of sp³-hybridized carbons (Fsp3) is 0.286. The fourth-order valence-corrected chi connectivity index (χ4v) is 1.61. The molecule has 4 heteroatoms. The lowest BCUT2D eigenvalue weighted by atomic mass is 10.2. The first kappa shape index (κ1) is 14.0. The van der Waals surface area contributed by atoms with E-state index in [1.807, 2.05) is 54.9 Å². The van der Waals surface area contributed by atoms with Crippen LogP contribution in [0.25, 0.3) is 11.6 Å². The zero-order valence-corrected chi connectivity index (χ0v) is 11.0. The molecule has 2 rings (SSSR count). The second kappa shape index (κ2) is 6.59. The number of allylic oxidation sites excluding steroid dienone is 1. The topological polar surface area (TPSA) is 47.5 Å². The van der Waals surface area contributed by atoms with Gasteiger partial charge in [-0.2, -0.15) is 0 Å². The van der Waals surface area contributed by atoms with E-state index in [-0.39, 0.29) is 10.6 Å². The molecule has 0 bridgehead atoms. The van der Waals surface area contributed by atoms with Gasteiger partial charge >= 0.3 is 0 Å². The summed E-state index contributed by atoms with van der Waals surface area (Å²) in [6.07, 6.45) is 5.84. The van der Waals surface area contributed by atoms with E-state index >= 15 is 0 Å². The zero-order chi connectivity index (χ0) is 13.5. The van der Waals surface area contributed by atoms with Crippen LogP contribution in [-0.2, 0) is 0 Å². The molecule has 0 aliphatic carbocycles. The lowest BCUT2D eigenvalue weighted by Crippen LogP contribution is -1.96. The van der Waals surface area contributed by atoms with Crippen LogP contribution in [0.1, 0.15) is 32.8 Å².